The van der Waals surface area contributed by atoms with Gasteiger partial charge >= 0.3 is 0 Å². The summed E-state index contributed by atoms with van der Waals surface area (Å²) in [5.41, 5.74) is 2.92. The molecule has 0 fully saturated rings. The molecule has 2 amide bonds. The van der Waals surface area contributed by atoms with Crippen LogP contribution in [0.3, 0.4) is 0 Å². The molecule has 2 aromatic carbocycles. The maximum atomic E-state index is 12.3. The molecular formula is C19H22N2O2. The Hall–Kier alpha value is -2.62. The molecule has 2 aromatic rings. The van der Waals surface area contributed by atoms with Crippen LogP contribution >= 0.6 is 0 Å². The number of hydrogen-bond donors (Lipinski definition) is 2. The first-order valence-electron chi connectivity index (χ1n) is 7.55. The monoisotopic (exact) mass is 310 g/mol. The minimum absolute atomic E-state index is 0.0524. The van der Waals surface area contributed by atoms with Crippen molar-refractivity contribution in [1.29, 1.82) is 0 Å². The molecule has 0 saturated heterocycles. The molecule has 120 valence electrons. The van der Waals surface area contributed by atoms with Gasteiger partial charge in [-0.05, 0) is 41.3 Å². The third kappa shape index (κ3) is 4.19. The molecule has 4 heteroatoms. The highest BCUT2D eigenvalue weighted by molar-refractivity contribution is 6.05. The third-order valence-corrected chi connectivity index (χ3v) is 3.62. The van der Waals surface area contributed by atoms with E-state index in [2.05, 4.69) is 31.4 Å². The number of rotatable bonds is 3. The van der Waals surface area contributed by atoms with Gasteiger partial charge in [0.2, 0.25) is 0 Å². The van der Waals surface area contributed by atoms with Crippen LogP contribution in [0.5, 0.6) is 0 Å². The van der Waals surface area contributed by atoms with Crippen LogP contribution in [0.4, 0.5) is 5.69 Å². The van der Waals surface area contributed by atoms with Crippen LogP contribution in [0, 0.1) is 0 Å². The van der Waals surface area contributed by atoms with Crippen molar-refractivity contribution in [3.05, 3.63) is 65.2 Å². The van der Waals surface area contributed by atoms with E-state index in [1.807, 2.05) is 24.3 Å². The number of anilines is 1. The molecule has 0 aliphatic heterocycles. The molecular weight excluding hydrogens is 288 g/mol. The SMILES string of the molecule is CNC(=O)c1cccc(NC(=O)c2ccc(C(C)(C)C)cc2)c1. The van der Waals surface area contributed by atoms with Crippen molar-refractivity contribution in [3.8, 4) is 0 Å². The average molecular weight is 310 g/mol. The van der Waals surface area contributed by atoms with Gasteiger partial charge in [-0.3, -0.25) is 9.59 Å². The number of benzene rings is 2. The zero-order chi connectivity index (χ0) is 17.0. The molecule has 0 spiro atoms. The first-order valence-corrected chi connectivity index (χ1v) is 7.55. The quantitative estimate of drug-likeness (QED) is 0.910. The first kappa shape index (κ1) is 16.7. The van der Waals surface area contributed by atoms with Gasteiger partial charge in [0.1, 0.15) is 0 Å². The van der Waals surface area contributed by atoms with E-state index in [9.17, 15) is 9.59 Å². The number of hydrogen-bond acceptors (Lipinski definition) is 2. The van der Waals surface area contributed by atoms with Gasteiger partial charge in [-0.25, -0.2) is 0 Å². The summed E-state index contributed by atoms with van der Waals surface area (Å²) in [6, 6.07) is 14.4. The number of amides is 2. The Morgan fingerprint density at radius 1 is 0.870 bits per heavy atom. The van der Waals surface area contributed by atoms with E-state index < -0.39 is 0 Å². The van der Waals surface area contributed by atoms with Gasteiger partial charge in [0.25, 0.3) is 11.8 Å². The van der Waals surface area contributed by atoms with Crippen LogP contribution in [0.15, 0.2) is 48.5 Å². The van der Waals surface area contributed by atoms with Crippen LogP contribution in [0.2, 0.25) is 0 Å². The second-order valence-corrected chi connectivity index (χ2v) is 6.44. The highest BCUT2D eigenvalue weighted by Gasteiger charge is 2.14. The smallest absolute Gasteiger partial charge is 0.255 e. The number of carbonyl (C=O) groups excluding carboxylic acids is 2. The van der Waals surface area contributed by atoms with Gasteiger partial charge in [0, 0.05) is 23.9 Å². The van der Waals surface area contributed by atoms with E-state index in [0.717, 1.165) is 0 Å². The second-order valence-electron chi connectivity index (χ2n) is 6.44. The summed E-state index contributed by atoms with van der Waals surface area (Å²) in [6.45, 7) is 6.39. The topological polar surface area (TPSA) is 58.2 Å². The highest BCUT2D eigenvalue weighted by atomic mass is 16.2. The highest BCUT2D eigenvalue weighted by Crippen LogP contribution is 2.22. The van der Waals surface area contributed by atoms with Gasteiger partial charge in [0.15, 0.2) is 0 Å². The lowest BCUT2D eigenvalue weighted by molar-refractivity contribution is 0.0961. The van der Waals surface area contributed by atoms with Gasteiger partial charge in [-0.2, -0.15) is 0 Å². The van der Waals surface area contributed by atoms with Crippen molar-refractivity contribution in [1.82, 2.24) is 5.32 Å². The van der Waals surface area contributed by atoms with Gasteiger partial charge in [-0.1, -0.05) is 39.0 Å². The second kappa shape index (κ2) is 6.65. The van der Waals surface area contributed by atoms with E-state index in [1.165, 1.54) is 5.56 Å². The zero-order valence-electron chi connectivity index (χ0n) is 13.9. The average Bonchev–Trinajstić information content (AvgIpc) is 2.53. The molecule has 0 aliphatic rings. The van der Waals surface area contributed by atoms with Crippen molar-refractivity contribution >= 4 is 17.5 Å². The Bertz CT molecular complexity index is 713. The van der Waals surface area contributed by atoms with Crippen molar-refractivity contribution in [2.24, 2.45) is 0 Å². The summed E-state index contributed by atoms with van der Waals surface area (Å²) >= 11 is 0. The molecule has 2 N–H and O–H groups in total. The van der Waals surface area contributed by atoms with E-state index in [1.54, 1.807) is 31.3 Å². The van der Waals surface area contributed by atoms with Gasteiger partial charge in [0.05, 0.1) is 0 Å². The molecule has 0 radical (unpaired) electrons. The maximum absolute atomic E-state index is 12.3. The molecule has 2 rings (SSSR count). The predicted molar refractivity (Wildman–Crippen MR) is 92.9 cm³/mol. The van der Waals surface area contributed by atoms with E-state index in [4.69, 9.17) is 0 Å². The van der Waals surface area contributed by atoms with Crippen LogP contribution in [-0.2, 0) is 5.41 Å². The van der Waals surface area contributed by atoms with Crippen LogP contribution in [0.1, 0.15) is 47.1 Å². The van der Waals surface area contributed by atoms with Crippen molar-refractivity contribution < 1.29 is 9.59 Å². The molecule has 0 saturated carbocycles. The third-order valence-electron chi connectivity index (χ3n) is 3.62. The summed E-state index contributed by atoms with van der Waals surface area (Å²) in [7, 11) is 1.57. The summed E-state index contributed by atoms with van der Waals surface area (Å²) in [5, 5.41) is 5.38. The minimum Gasteiger partial charge on any atom is -0.355 e. The molecule has 0 aliphatic carbocycles. The fraction of sp³-hybridized carbons (Fsp3) is 0.263. The summed E-state index contributed by atoms with van der Waals surface area (Å²) in [6.07, 6.45) is 0. The Morgan fingerprint density at radius 2 is 1.52 bits per heavy atom. The van der Waals surface area contributed by atoms with Gasteiger partial charge < -0.3 is 10.6 Å². The first-order chi connectivity index (χ1) is 10.8. The lowest BCUT2D eigenvalue weighted by atomic mass is 9.87. The molecule has 23 heavy (non-hydrogen) atoms. The normalized spacial score (nSPS) is 11.0. The van der Waals surface area contributed by atoms with Crippen LogP contribution in [0.25, 0.3) is 0 Å². The summed E-state index contributed by atoms with van der Waals surface area (Å²) in [5.74, 6) is -0.379. The van der Waals surface area contributed by atoms with E-state index >= 15 is 0 Å². The van der Waals surface area contributed by atoms with Crippen molar-refractivity contribution in [2.45, 2.75) is 26.2 Å². The van der Waals surface area contributed by atoms with Gasteiger partial charge in [-0.15, -0.1) is 0 Å². The maximum Gasteiger partial charge on any atom is 0.255 e. The van der Waals surface area contributed by atoms with Crippen LogP contribution < -0.4 is 10.6 Å². The molecule has 4 nitrogen and oxygen atoms in total. The molecule has 0 atom stereocenters. The number of carbonyl (C=O) groups is 2. The van der Waals surface area contributed by atoms with Crippen molar-refractivity contribution in [3.63, 3.8) is 0 Å². The lowest BCUT2D eigenvalue weighted by Gasteiger charge is -2.19. The number of nitrogens with one attached hydrogen (secondary N) is 2. The zero-order valence-corrected chi connectivity index (χ0v) is 13.9. The molecule has 0 unspecified atom stereocenters. The minimum atomic E-state index is -0.195. The lowest BCUT2D eigenvalue weighted by Crippen LogP contribution is -2.18. The Kier molecular flexibility index (Phi) is 4.84. The Labute approximate surface area is 136 Å². The fourth-order valence-corrected chi connectivity index (χ4v) is 2.21. The fourth-order valence-electron chi connectivity index (χ4n) is 2.21. The van der Waals surface area contributed by atoms with E-state index in [-0.39, 0.29) is 17.2 Å². The summed E-state index contributed by atoms with van der Waals surface area (Å²) in [4.78, 5) is 23.9. The predicted octanol–water partition coefficient (Wildman–Crippen LogP) is 3.60. The molecule has 0 aromatic heterocycles. The standard InChI is InChI=1S/C19H22N2O2/c1-19(2,3)15-10-8-13(9-11-15)18(23)21-16-7-5-6-14(12-16)17(22)20-4/h5-12H,1-4H3,(H,20,22)(H,21,23). The van der Waals surface area contributed by atoms with E-state index in [0.29, 0.717) is 16.8 Å². The largest absolute Gasteiger partial charge is 0.355 e. The molecule has 0 heterocycles. The van der Waals surface area contributed by atoms with Crippen LogP contribution in [-0.4, -0.2) is 18.9 Å². The molecule has 0 bridgehead atoms. The Morgan fingerprint density at radius 3 is 2.09 bits per heavy atom. The Balaban J connectivity index is 2.14. The summed E-state index contributed by atoms with van der Waals surface area (Å²) < 4.78 is 0. The van der Waals surface area contributed by atoms with Crippen molar-refractivity contribution in [2.75, 3.05) is 12.4 Å².